The molecular formula is C18H29N5O. The van der Waals surface area contributed by atoms with Crippen LogP contribution in [0.4, 0.5) is 11.6 Å². The van der Waals surface area contributed by atoms with Crippen molar-refractivity contribution in [1.29, 1.82) is 0 Å². The van der Waals surface area contributed by atoms with E-state index in [4.69, 9.17) is 4.74 Å². The summed E-state index contributed by atoms with van der Waals surface area (Å²) in [6.45, 7) is 6.50. The molecule has 1 aromatic heterocycles. The van der Waals surface area contributed by atoms with Gasteiger partial charge < -0.3 is 20.3 Å². The predicted molar refractivity (Wildman–Crippen MR) is 95.3 cm³/mol. The first-order chi connectivity index (χ1) is 11.8. The Bertz CT molecular complexity index is 522. The number of aromatic nitrogens is 2. The van der Waals surface area contributed by atoms with Gasteiger partial charge in [-0.15, -0.1) is 0 Å². The van der Waals surface area contributed by atoms with E-state index >= 15 is 0 Å². The lowest BCUT2D eigenvalue weighted by molar-refractivity contribution is 0.154. The highest BCUT2D eigenvalue weighted by atomic mass is 16.5. The van der Waals surface area contributed by atoms with E-state index in [1.807, 2.05) is 6.07 Å². The smallest absolute Gasteiger partial charge is 0.131 e. The molecule has 1 saturated carbocycles. The van der Waals surface area contributed by atoms with Gasteiger partial charge in [0.05, 0.1) is 6.61 Å². The van der Waals surface area contributed by atoms with Gasteiger partial charge >= 0.3 is 0 Å². The van der Waals surface area contributed by atoms with Crippen molar-refractivity contribution in [2.24, 2.45) is 11.8 Å². The van der Waals surface area contributed by atoms with Crippen LogP contribution in [0.3, 0.4) is 0 Å². The lowest BCUT2D eigenvalue weighted by Gasteiger charge is -2.33. The topological polar surface area (TPSA) is 62.3 Å². The van der Waals surface area contributed by atoms with Gasteiger partial charge in [-0.2, -0.15) is 0 Å². The summed E-state index contributed by atoms with van der Waals surface area (Å²) in [5, 5.41) is 7.02. The van der Waals surface area contributed by atoms with Crippen molar-refractivity contribution in [2.75, 3.05) is 50.0 Å². The van der Waals surface area contributed by atoms with Crippen LogP contribution < -0.4 is 10.6 Å². The second-order valence-corrected chi connectivity index (χ2v) is 7.56. The molecule has 132 valence electrons. The molecule has 2 aliphatic heterocycles. The largest absolute Gasteiger partial charge is 0.381 e. The van der Waals surface area contributed by atoms with Gasteiger partial charge in [0, 0.05) is 44.9 Å². The highest BCUT2D eigenvalue weighted by Gasteiger charge is 2.24. The highest BCUT2D eigenvalue weighted by Crippen LogP contribution is 2.28. The van der Waals surface area contributed by atoms with E-state index in [0.29, 0.717) is 6.04 Å². The van der Waals surface area contributed by atoms with Crippen LogP contribution in [0.25, 0.3) is 0 Å². The normalized spacial score (nSPS) is 25.8. The number of rotatable bonds is 7. The lowest BCUT2D eigenvalue weighted by Crippen LogP contribution is -2.41. The van der Waals surface area contributed by atoms with Gasteiger partial charge in [-0.05, 0) is 43.9 Å². The first-order valence-corrected chi connectivity index (χ1v) is 9.48. The number of anilines is 2. The van der Waals surface area contributed by atoms with Gasteiger partial charge in [-0.25, -0.2) is 9.97 Å². The molecule has 0 unspecified atom stereocenters. The molecule has 3 heterocycles. The summed E-state index contributed by atoms with van der Waals surface area (Å²) in [5.74, 6) is 3.49. The maximum Gasteiger partial charge on any atom is 0.131 e. The van der Waals surface area contributed by atoms with E-state index in [-0.39, 0.29) is 0 Å². The monoisotopic (exact) mass is 331 g/mol. The summed E-state index contributed by atoms with van der Waals surface area (Å²) in [6, 6.07) is 2.57. The van der Waals surface area contributed by atoms with Gasteiger partial charge in [0.25, 0.3) is 0 Å². The van der Waals surface area contributed by atoms with E-state index in [1.54, 1.807) is 6.33 Å². The Morgan fingerprint density at radius 2 is 1.88 bits per heavy atom. The summed E-state index contributed by atoms with van der Waals surface area (Å²) in [5.41, 5.74) is 0. The summed E-state index contributed by atoms with van der Waals surface area (Å²) in [4.78, 5) is 11.3. The number of hydrogen-bond donors (Lipinski definition) is 2. The fourth-order valence-corrected chi connectivity index (χ4v) is 3.67. The molecule has 6 nitrogen and oxygen atoms in total. The molecule has 2 N–H and O–H groups in total. The van der Waals surface area contributed by atoms with E-state index in [0.717, 1.165) is 43.2 Å². The first-order valence-electron chi connectivity index (χ1n) is 9.48. The SMILES string of the molecule is c1nc(NCC2CC2)cc(NC2CCN(C[C@H]3CCOC3)CC2)n1. The Kier molecular flexibility index (Phi) is 5.13. The van der Waals surface area contributed by atoms with Crippen LogP contribution >= 0.6 is 0 Å². The second kappa shape index (κ2) is 7.66. The zero-order valence-corrected chi connectivity index (χ0v) is 14.4. The fraction of sp³-hybridized carbons (Fsp3) is 0.778. The van der Waals surface area contributed by atoms with Gasteiger partial charge in [-0.1, -0.05) is 0 Å². The molecule has 1 atom stereocenters. The van der Waals surface area contributed by atoms with Crippen LogP contribution in [-0.4, -0.2) is 60.3 Å². The Balaban J connectivity index is 1.22. The van der Waals surface area contributed by atoms with Crippen molar-refractivity contribution >= 4 is 11.6 Å². The molecule has 3 aliphatic rings. The molecular weight excluding hydrogens is 302 g/mol. The van der Waals surface area contributed by atoms with Crippen LogP contribution in [0, 0.1) is 11.8 Å². The molecule has 0 radical (unpaired) electrons. The first kappa shape index (κ1) is 16.1. The molecule has 1 aromatic rings. The third kappa shape index (κ3) is 4.57. The van der Waals surface area contributed by atoms with Crippen LogP contribution in [0.1, 0.15) is 32.1 Å². The Morgan fingerprint density at radius 1 is 1.04 bits per heavy atom. The van der Waals surface area contributed by atoms with Crippen LogP contribution in [0.2, 0.25) is 0 Å². The molecule has 4 rings (SSSR count). The average Bonchev–Trinajstić information content (AvgIpc) is 3.30. The van der Waals surface area contributed by atoms with Crippen LogP contribution in [0.15, 0.2) is 12.4 Å². The molecule has 0 spiro atoms. The minimum Gasteiger partial charge on any atom is -0.381 e. The molecule has 0 amide bonds. The third-order valence-corrected chi connectivity index (χ3v) is 5.42. The number of ether oxygens (including phenoxy) is 1. The summed E-state index contributed by atoms with van der Waals surface area (Å²) in [6.07, 6.45) is 7.97. The molecule has 6 heteroatoms. The zero-order valence-electron chi connectivity index (χ0n) is 14.4. The predicted octanol–water partition coefficient (Wildman–Crippen LogP) is 2.21. The van der Waals surface area contributed by atoms with Crippen LogP contribution in [0.5, 0.6) is 0 Å². The van der Waals surface area contributed by atoms with Gasteiger partial charge in [-0.3, -0.25) is 0 Å². The average molecular weight is 331 g/mol. The van der Waals surface area contributed by atoms with E-state index < -0.39 is 0 Å². The van der Waals surface area contributed by atoms with Crippen molar-refractivity contribution < 1.29 is 4.74 Å². The third-order valence-electron chi connectivity index (χ3n) is 5.42. The van der Waals surface area contributed by atoms with Crippen molar-refractivity contribution in [3.05, 3.63) is 12.4 Å². The number of piperidine rings is 1. The molecule has 0 bridgehead atoms. The number of nitrogens with zero attached hydrogens (tertiary/aromatic N) is 3. The number of nitrogens with one attached hydrogen (secondary N) is 2. The maximum absolute atomic E-state index is 5.49. The van der Waals surface area contributed by atoms with E-state index in [9.17, 15) is 0 Å². The van der Waals surface area contributed by atoms with Gasteiger partial charge in [0.1, 0.15) is 18.0 Å². The lowest BCUT2D eigenvalue weighted by atomic mass is 10.0. The molecule has 2 saturated heterocycles. The summed E-state index contributed by atoms with van der Waals surface area (Å²) < 4.78 is 5.49. The van der Waals surface area contributed by atoms with Crippen molar-refractivity contribution in [2.45, 2.75) is 38.1 Å². The van der Waals surface area contributed by atoms with Crippen LogP contribution in [-0.2, 0) is 4.74 Å². The molecule has 3 fully saturated rings. The Hall–Kier alpha value is -1.40. The number of hydrogen-bond acceptors (Lipinski definition) is 6. The molecule has 24 heavy (non-hydrogen) atoms. The minimum atomic E-state index is 0.521. The standard InChI is InChI=1S/C18H29N5O/c1-2-14(1)10-19-17-9-18(21-13-20-17)22-16-3-6-23(7-4-16)11-15-5-8-24-12-15/h9,13-16H,1-8,10-12H2,(H2,19,20,21,22)/t15-/m1/s1. The Labute approximate surface area is 144 Å². The zero-order chi connectivity index (χ0) is 16.2. The maximum atomic E-state index is 5.49. The van der Waals surface area contributed by atoms with Gasteiger partial charge in [0.2, 0.25) is 0 Å². The molecule has 1 aliphatic carbocycles. The van der Waals surface area contributed by atoms with Crippen molar-refractivity contribution in [3.8, 4) is 0 Å². The molecule has 0 aromatic carbocycles. The number of likely N-dealkylation sites (tertiary alicyclic amines) is 1. The van der Waals surface area contributed by atoms with Crippen molar-refractivity contribution in [1.82, 2.24) is 14.9 Å². The Morgan fingerprint density at radius 3 is 2.62 bits per heavy atom. The van der Waals surface area contributed by atoms with Gasteiger partial charge in [0.15, 0.2) is 0 Å². The summed E-state index contributed by atoms with van der Waals surface area (Å²) in [7, 11) is 0. The quantitative estimate of drug-likeness (QED) is 0.799. The second-order valence-electron chi connectivity index (χ2n) is 7.56. The van der Waals surface area contributed by atoms with E-state index in [1.165, 1.54) is 51.7 Å². The van der Waals surface area contributed by atoms with Crippen molar-refractivity contribution in [3.63, 3.8) is 0 Å². The highest BCUT2D eigenvalue weighted by molar-refractivity contribution is 5.47. The minimum absolute atomic E-state index is 0.521. The summed E-state index contributed by atoms with van der Waals surface area (Å²) >= 11 is 0. The van der Waals surface area contributed by atoms with E-state index in [2.05, 4.69) is 25.5 Å². The fourth-order valence-electron chi connectivity index (χ4n) is 3.67.